The zero-order valence-electron chi connectivity index (χ0n) is 36.5. The van der Waals surface area contributed by atoms with Crippen molar-refractivity contribution >= 4 is 0 Å². The predicted octanol–water partition coefficient (Wildman–Crippen LogP) is 5.89. The quantitative estimate of drug-likeness (QED) is 0.286. The number of rotatable bonds is 0. The van der Waals surface area contributed by atoms with Crippen LogP contribution < -0.4 is 0 Å². The van der Waals surface area contributed by atoms with Crippen LogP contribution in [0.2, 0.25) is 0 Å². The highest BCUT2D eigenvalue weighted by Crippen LogP contribution is 3.65. The fraction of sp³-hybridized carbons (Fsp3) is 1.00. The lowest BCUT2D eigenvalue weighted by Gasteiger charge is -3.60. The first-order chi connectivity index (χ1) is 32.8. The van der Waals surface area contributed by atoms with Gasteiger partial charge < -0.3 is 0 Å². The van der Waals surface area contributed by atoms with Crippen LogP contribution >= 0.6 is 0 Å². The molecule has 61 unspecified atom stereocenters. The molecule has 0 nitrogen and oxygen atoms in total. The Balaban J connectivity index is 0.741. The van der Waals surface area contributed by atoms with E-state index in [2.05, 4.69) is 0 Å². The minimum Gasteiger partial charge on any atom is -0.0495 e. The molecule has 46 aliphatic carbocycles. The molecule has 46 aliphatic rings. The molecule has 0 aromatic carbocycles. The highest BCUT2D eigenvalue weighted by atomic mass is 15.7. The van der Waals surface area contributed by atoms with Gasteiger partial charge >= 0.3 is 0 Å². The summed E-state index contributed by atoms with van der Waals surface area (Å²) in [6.07, 6.45) is 9.45. The first kappa shape index (κ1) is 22.6. The van der Waals surface area contributed by atoms with E-state index in [0.29, 0.717) is 0 Å². The molecule has 0 N–H and O–H groups in total. The van der Waals surface area contributed by atoms with Gasteiger partial charge in [-0.2, -0.15) is 0 Å². The average molecular weight is 835 g/mol. The van der Waals surface area contributed by atoms with E-state index in [-0.39, 0.29) is 0 Å². The van der Waals surface area contributed by atoms with Gasteiger partial charge in [0.1, 0.15) is 0 Å². The lowest BCUT2D eigenvalue weighted by atomic mass is 8.42. The zero-order chi connectivity index (χ0) is 36.5. The molecular formula is C66H42. The monoisotopic (exact) mass is 834 g/mol. The molecule has 0 radical (unpaired) electrons. The van der Waals surface area contributed by atoms with Crippen molar-refractivity contribution in [3.8, 4) is 0 Å². The van der Waals surface area contributed by atoms with Crippen molar-refractivity contribution in [1.29, 1.82) is 0 Å². The smallest absolute Gasteiger partial charge is 0.00189 e. The molecular weight excluding hydrogens is 793 g/mol. The van der Waals surface area contributed by atoms with E-state index in [1.165, 1.54) is 189 Å². The lowest BCUT2D eigenvalue weighted by molar-refractivity contribution is -1.16. The van der Waals surface area contributed by atoms with Crippen LogP contribution in [-0.2, 0) is 0 Å². The summed E-state index contributed by atoms with van der Waals surface area (Å²) in [4.78, 5) is 0. The van der Waals surface area contributed by atoms with Gasteiger partial charge in [0.05, 0.1) is 0 Å². The maximum atomic E-state index is 2.02. The van der Waals surface area contributed by atoms with Gasteiger partial charge in [-0.15, -0.1) is 0 Å². The fourth-order valence-corrected chi connectivity index (χ4v) is 71.5. The second-order valence-corrected chi connectivity index (χ2v) is 42.5. The highest BCUT2D eigenvalue weighted by Gasteiger charge is 3.64. The summed E-state index contributed by atoms with van der Waals surface area (Å²) in [6.45, 7) is 0. The van der Waals surface area contributed by atoms with Crippen LogP contribution in [0.5, 0.6) is 0 Å². The van der Waals surface area contributed by atoms with Crippen molar-refractivity contribution in [3.05, 3.63) is 0 Å². The van der Waals surface area contributed by atoms with E-state index < -0.39 is 0 Å². The molecule has 0 heteroatoms. The first-order valence-electron chi connectivity index (χ1n) is 32.8. The van der Waals surface area contributed by atoms with Gasteiger partial charge in [-0.25, -0.2) is 0 Å². The van der Waals surface area contributed by atoms with Crippen molar-refractivity contribution in [2.45, 2.75) is 32.1 Å². The minimum atomic E-state index is 1.04. The first-order valence-corrected chi connectivity index (χ1v) is 32.8. The number of hydrogen-bond acceptors (Lipinski definition) is 0. The van der Waals surface area contributed by atoms with E-state index in [0.717, 1.165) is 157 Å². The summed E-state index contributed by atoms with van der Waals surface area (Å²) in [5, 5.41) is 0. The maximum absolute atomic E-state index is 2.02. The summed E-state index contributed by atoms with van der Waals surface area (Å²) in [5.74, 6) is 45.0. The molecule has 46 rings (SSSR count). The predicted molar refractivity (Wildman–Crippen MR) is 205 cm³/mol. The average Bonchev–Trinajstić information content (AvgIpc) is 3.25. The Bertz CT molecular complexity index is 4460. The number of hydrogen-bond donors (Lipinski definition) is 0. The summed E-state index contributed by atoms with van der Waals surface area (Å²) >= 11 is 0. The lowest BCUT2D eigenvalue weighted by Crippen LogP contribution is -3.59. The van der Waals surface area contributed by atoms with Crippen LogP contribution in [0.4, 0.5) is 0 Å². The van der Waals surface area contributed by atoms with Gasteiger partial charge in [0.25, 0.3) is 0 Å². The van der Waals surface area contributed by atoms with Crippen LogP contribution in [-0.4, -0.2) is 0 Å². The molecule has 29 spiro atoms. The molecule has 0 bridgehead atoms. The summed E-state index contributed by atoms with van der Waals surface area (Å²) in [6, 6.07) is 0. The fourth-order valence-electron chi connectivity index (χ4n) is 71.5. The molecule has 0 aromatic rings. The van der Waals surface area contributed by atoms with Crippen molar-refractivity contribution < 1.29 is 0 Å². The molecule has 66 heavy (non-hydrogen) atoms. The van der Waals surface area contributed by atoms with E-state index >= 15 is 0 Å². The van der Waals surface area contributed by atoms with Crippen LogP contribution in [0.3, 0.4) is 0 Å². The third-order valence-corrected chi connectivity index (χ3v) is 56.4. The Labute approximate surface area is 376 Å². The van der Waals surface area contributed by atoms with E-state index in [1.807, 2.05) is 32.1 Å². The van der Waals surface area contributed by atoms with Crippen molar-refractivity contribution in [2.24, 2.45) is 346 Å². The SMILES string of the molecule is C1CC2C3CC4C5C6C7C8C9C%10C%11C%12C%13C%14C%15C%16CC%17C%18C%19CC%20C%21C%22C1C1C%22%23C%22C%24C%25C%21%26C%21C%27C%20%28C%20C%29C%30C%19C%18%19C%17%16C%15%16C%30%19C%29%15C%14%16C%13%14C%20%15C%28%13C%12%14C%11%12C%10%11C9%10C89C78C67C56C34C21C%236C%227C%248C%259C%26%10C%21%11C%27%12%13. The molecule has 0 amide bonds. The number of fused-ring (bicyclic) bond motifs is 18. The van der Waals surface area contributed by atoms with E-state index in [4.69, 9.17) is 0 Å². The minimum absolute atomic E-state index is 1.04. The van der Waals surface area contributed by atoms with Crippen molar-refractivity contribution in [2.75, 3.05) is 0 Å². The van der Waals surface area contributed by atoms with Gasteiger partial charge in [0.15, 0.2) is 0 Å². The Morgan fingerprint density at radius 3 is 1.48 bits per heavy atom. The molecule has 61 atom stereocenters. The third kappa shape index (κ3) is 0.523. The molecule has 0 aromatic heterocycles. The molecule has 46 fully saturated rings. The van der Waals surface area contributed by atoms with Crippen LogP contribution in [0.1, 0.15) is 32.1 Å². The largest absolute Gasteiger partial charge is 0.0495 e. The van der Waals surface area contributed by atoms with E-state index in [9.17, 15) is 0 Å². The second-order valence-electron chi connectivity index (χ2n) is 42.5. The van der Waals surface area contributed by atoms with Gasteiger partial charge in [-0.3, -0.25) is 0 Å². The molecule has 0 heterocycles. The van der Waals surface area contributed by atoms with Crippen LogP contribution in [0.25, 0.3) is 0 Å². The molecule has 306 valence electrons. The van der Waals surface area contributed by atoms with E-state index in [1.54, 1.807) is 0 Å². The summed E-state index contributed by atoms with van der Waals surface area (Å²) in [5.41, 5.74) is 32.0. The Kier molecular flexibility index (Phi) is 1.21. The summed E-state index contributed by atoms with van der Waals surface area (Å²) in [7, 11) is 0. The third-order valence-electron chi connectivity index (χ3n) is 56.4. The molecule has 0 saturated heterocycles. The van der Waals surface area contributed by atoms with Gasteiger partial charge in [0.2, 0.25) is 0 Å². The topological polar surface area (TPSA) is 0 Å². The summed E-state index contributed by atoms with van der Waals surface area (Å²) < 4.78 is 0. The van der Waals surface area contributed by atoms with Crippen LogP contribution in [0, 0.1) is 346 Å². The zero-order valence-corrected chi connectivity index (χ0v) is 36.5. The van der Waals surface area contributed by atoms with Gasteiger partial charge in [-0.1, -0.05) is 0 Å². The Hall–Kier alpha value is 0. The van der Waals surface area contributed by atoms with Gasteiger partial charge in [0, 0.05) is 0 Å². The standard InChI is InChI=1S/C66H42/c1-2-8-9-4-12-19-22-23-25-29-27-26-28-24-21-18-13-5-11-14-7-3-10-17-15-6(1)32-39(15)34-31-35-40(17)37-36-38(10)33-30-20-16(7)44(14)42(11,13)45(18)46(20,44)55(30)48(21,45)51(24)57(28)53(26)54(27)58(29)52(25)50(23)49(22)47(19)41(9,12)43(8,32)64(39,47)59(34,49)56(31,50)61(35,52)66(40,58)63(37,54)62(36,53)65(38,57)60(33,51)55/h6-37H,1-5H2. The molecule has 46 saturated carbocycles. The van der Waals surface area contributed by atoms with Gasteiger partial charge in [-0.05, 0) is 379 Å². The van der Waals surface area contributed by atoms with Crippen LogP contribution in [0.15, 0.2) is 0 Å². The normalized spacial score (nSPS) is 139. The Morgan fingerprint density at radius 2 is 0.697 bits per heavy atom. The van der Waals surface area contributed by atoms with Crippen molar-refractivity contribution in [3.63, 3.8) is 0 Å². The van der Waals surface area contributed by atoms with Crippen molar-refractivity contribution in [1.82, 2.24) is 0 Å². The Morgan fingerprint density at radius 1 is 0.197 bits per heavy atom. The highest BCUT2D eigenvalue weighted by molar-refractivity contribution is 6.09. The second kappa shape index (κ2) is 3.52. The molecule has 0 aliphatic heterocycles. The maximum Gasteiger partial charge on any atom is -0.00189 e.